The summed E-state index contributed by atoms with van der Waals surface area (Å²) in [7, 11) is 1.68. The molecular formula is C17H18ClNO2S. The van der Waals surface area contributed by atoms with Crippen molar-refractivity contribution in [2.75, 3.05) is 0 Å². The zero-order valence-electron chi connectivity index (χ0n) is 13.0. The van der Waals surface area contributed by atoms with Crippen LogP contribution >= 0.6 is 22.9 Å². The molecule has 0 atom stereocenters. The van der Waals surface area contributed by atoms with E-state index in [2.05, 4.69) is 0 Å². The van der Waals surface area contributed by atoms with Gasteiger partial charge in [-0.05, 0) is 23.8 Å². The summed E-state index contributed by atoms with van der Waals surface area (Å²) >= 11 is 7.17. The molecule has 0 aliphatic rings. The maximum absolute atomic E-state index is 12.3. The van der Waals surface area contributed by atoms with Gasteiger partial charge in [-0.3, -0.25) is 9.59 Å². The van der Waals surface area contributed by atoms with E-state index in [9.17, 15) is 9.59 Å². The normalized spacial score (nSPS) is 13.7. The molecule has 0 unspecified atom stereocenters. The Hall–Kier alpha value is -1.65. The standard InChI is InChI=1S/C17H18ClNO2S/c1-17(2,3)14(20)10-15-19(4)16(21)13(22-15)9-11-5-7-12(18)8-6-11/h5-10H,1-4H3/b13-9-,15-10+. The van der Waals surface area contributed by atoms with Crippen molar-refractivity contribution in [3.63, 3.8) is 0 Å². The molecule has 1 aromatic carbocycles. The molecule has 2 rings (SSSR count). The molecule has 1 aromatic heterocycles. The van der Waals surface area contributed by atoms with E-state index in [-0.39, 0.29) is 11.3 Å². The van der Waals surface area contributed by atoms with Gasteiger partial charge in [0.2, 0.25) is 0 Å². The number of benzene rings is 1. The Morgan fingerprint density at radius 1 is 1.23 bits per heavy atom. The summed E-state index contributed by atoms with van der Waals surface area (Å²) in [4.78, 5) is 24.4. The number of carbonyl (C=O) groups excluding carboxylic acids is 1. The summed E-state index contributed by atoms with van der Waals surface area (Å²) in [5, 5.41) is 0.654. The molecule has 0 saturated heterocycles. The average molecular weight is 336 g/mol. The number of nitrogens with zero attached hydrogens (tertiary/aromatic N) is 1. The SMILES string of the molecule is Cn1c(=O)/c(=C/c2ccc(Cl)cc2)s/c1=C/C(=O)C(C)(C)C. The summed E-state index contributed by atoms with van der Waals surface area (Å²) in [5.41, 5.74) is 0.338. The van der Waals surface area contributed by atoms with E-state index in [1.54, 1.807) is 25.3 Å². The van der Waals surface area contributed by atoms with E-state index in [0.717, 1.165) is 5.56 Å². The molecule has 0 radical (unpaired) electrons. The van der Waals surface area contributed by atoms with Gasteiger partial charge in [-0.25, -0.2) is 0 Å². The van der Waals surface area contributed by atoms with Gasteiger partial charge in [0.15, 0.2) is 5.78 Å². The highest BCUT2D eigenvalue weighted by atomic mass is 35.5. The van der Waals surface area contributed by atoms with Crippen molar-refractivity contribution in [2.45, 2.75) is 20.8 Å². The Balaban J connectivity index is 2.56. The second-order valence-electron chi connectivity index (χ2n) is 6.12. The molecule has 0 bridgehead atoms. The number of rotatable bonds is 2. The second kappa shape index (κ2) is 6.23. The lowest BCUT2D eigenvalue weighted by atomic mass is 9.91. The molecule has 1 heterocycles. The lowest BCUT2D eigenvalue weighted by molar-refractivity contribution is -0.120. The third-order valence-corrected chi connectivity index (χ3v) is 4.59. The van der Waals surface area contributed by atoms with Crippen LogP contribution in [0.1, 0.15) is 26.3 Å². The first-order chi connectivity index (χ1) is 10.2. The van der Waals surface area contributed by atoms with E-state index in [1.807, 2.05) is 39.0 Å². The lowest BCUT2D eigenvalue weighted by Crippen LogP contribution is -2.30. The first-order valence-electron chi connectivity index (χ1n) is 6.88. The number of ketones is 1. The minimum atomic E-state index is -0.458. The Kier molecular flexibility index (Phi) is 4.73. The first-order valence-corrected chi connectivity index (χ1v) is 8.07. The molecule has 0 spiro atoms. The van der Waals surface area contributed by atoms with E-state index >= 15 is 0 Å². The van der Waals surface area contributed by atoms with Crippen LogP contribution in [0.4, 0.5) is 0 Å². The summed E-state index contributed by atoms with van der Waals surface area (Å²) in [5.74, 6) is 0.00222. The van der Waals surface area contributed by atoms with Crippen LogP contribution in [0.3, 0.4) is 0 Å². The van der Waals surface area contributed by atoms with Crippen molar-refractivity contribution >= 4 is 40.9 Å². The Morgan fingerprint density at radius 2 is 1.82 bits per heavy atom. The van der Waals surface area contributed by atoms with Crippen molar-refractivity contribution in [1.82, 2.24) is 4.57 Å². The largest absolute Gasteiger partial charge is 0.302 e. The Morgan fingerprint density at radius 3 is 2.36 bits per heavy atom. The molecule has 22 heavy (non-hydrogen) atoms. The minimum absolute atomic E-state index is 0.00222. The molecule has 5 heteroatoms. The zero-order valence-corrected chi connectivity index (χ0v) is 14.6. The van der Waals surface area contributed by atoms with Gasteiger partial charge in [0, 0.05) is 23.6 Å². The predicted molar refractivity (Wildman–Crippen MR) is 92.8 cm³/mol. The number of hydrogen-bond acceptors (Lipinski definition) is 3. The number of thiazole rings is 1. The van der Waals surface area contributed by atoms with Crippen LogP contribution in [0.25, 0.3) is 12.2 Å². The first kappa shape index (κ1) is 16.7. The molecular weight excluding hydrogens is 318 g/mol. The lowest BCUT2D eigenvalue weighted by Gasteiger charge is -2.12. The van der Waals surface area contributed by atoms with Crippen molar-refractivity contribution < 1.29 is 4.79 Å². The van der Waals surface area contributed by atoms with Crippen LogP contribution in [-0.4, -0.2) is 10.4 Å². The van der Waals surface area contributed by atoms with Gasteiger partial charge in [-0.1, -0.05) is 44.5 Å². The van der Waals surface area contributed by atoms with Crippen molar-refractivity contribution in [2.24, 2.45) is 12.5 Å². The van der Waals surface area contributed by atoms with Crippen LogP contribution in [0, 0.1) is 5.41 Å². The molecule has 0 saturated carbocycles. The fraction of sp³-hybridized carbons (Fsp3) is 0.294. The van der Waals surface area contributed by atoms with Gasteiger partial charge in [0.1, 0.15) is 4.66 Å². The van der Waals surface area contributed by atoms with Gasteiger partial charge < -0.3 is 4.57 Å². The fourth-order valence-corrected chi connectivity index (χ4v) is 2.90. The highest BCUT2D eigenvalue weighted by Gasteiger charge is 2.19. The Bertz CT molecular complexity index is 867. The fourth-order valence-electron chi connectivity index (χ4n) is 1.75. The van der Waals surface area contributed by atoms with Crippen LogP contribution in [0.2, 0.25) is 5.02 Å². The number of Topliss-reactive ketones (excluding diaryl/α,β-unsaturated/α-hetero) is 1. The molecule has 2 aromatic rings. The maximum atomic E-state index is 12.3. The zero-order chi connectivity index (χ0) is 16.5. The summed E-state index contributed by atoms with van der Waals surface area (Å²) in [6.45, 7) is 5.58. The number of halogens is 1. The van der Waals surface area contributed by atoms with E-state index in [0.29, 0.717) is 14.2 Å². The van der Waals surface area contributed by atoms with Crippen molar-refractivity contribution in [3.8, 4) is 0 Å². The predicted octanol–water partition coefficient (Wildman–Crippen LogP) is 2.32. The molecule has 0 N–H and O–H groups in total. The molecule has 0 amide bonds. The van der Waals surface area contributed by atoms with E-state index in [1.165, 1.54) is 15.9 Å². The monoisotopic (exact) mass is 335 g/mol. The van der Waals surface area contributed by atoms with Gasteiger partial charge in [-0.15, -0.1) is 11.3 Å². The van der Waals surface area contributed by atoms with Crippen LogP contribution in [-0.2, 0) is 11.8 Å². The minimum Gasteiger partial charge on any atom is -0.302 e. The highest BCUT2D eigenvalue weighted by molar-refractivity contribution is 7.07. The third kappa shape index (κ3) is 3.76. The number of aromatic nitrogens is 1. The van der Waals surface area contributed by atoms with Gasteiger partial charge in [0.05, 0.1) is 4.53 Å². The maximum Gasteiger partial charge on any atom is 0.268 e. The number of hydrogen-bond donors (Lipinski definition) is 0. The van der Waals surface area contributed by atoms with Crippen LogP contribution in [0.5, 0.6) is 0 Å². The Labute approximate surface area is 138 Å². The van der Waals surface area contributed by atoms with Crippen LogP contribution in [0.15, 0.2) is 29.1 Å². The van der Waals surface area contributed by atoms with Gasteiger partial charge in [0.25, 0.3) is 5.56 Å². The average Bonchev–Trinajstić information content (AvgIpc) is 2.69. The third-order valence-electron chi connectivity index (χ3n) is 3.22. The number of carbonyl (C=O) groups is 1. The molecule has 3 nitrogen and oxygen atoms in total. The summed E-state index contributed by atoms with van der Waals surface area (Å²) in [6, 6.07) is 7.26. The smallest absolute Gasteiger partial charge is 0.268 e. The molecule has 116 valence electrons. The molecule has 0 aliphatic heterocycles. The molecule has 0 aliphatic carbocycles. The quantitative estimate of drug-likeness (QED) is 0.845. The summed E-state index contributed by atoms with van der Waals surface area (Å²) < 4.78 is 2.76. The van der Waals surface area contributed by atoms with E-state index in [4.69, 9.17) is 11.6 Å². The van der Waals surface area contributed by atoms with Crippen molar-refractivity contribution in [1.29, 1.82) is 0 Å². The molecule has 0 fully saturated rings. The van der Waals surface area contributed by atoms with Crippen LogP contribution < -0.4 is 14.8 Å². The van der Waals surface area contributed by atoms with Crippen molar-refractivity contribution in [3.05, 3.63) is 54.4 Å². The second-order valence-corrected chi connectivity index (χ2v) is 7.62. The van der Waals surface area contributed by atoms with E-state index < -0.39 is 5.41 Å². The van der Waals surface area contributed by atoms with Gasteiger partial charge >= 0.3 is 0 Å². The summed E-state index contributed by atoms with van der Waals surface area (Å²) in [6.07, 6.45) is 3.35. The highest BCUT2D eigenvalue weighted by Crippen LogP contribution is 2.14. The van der Waals surface area contributed by atoms with Gasteiger partial charge in [-0.2, -0.15) is 0 Å². The topological polar surface area (TPSA) is 39.1 Å².